The van der Waals surface area contributed by atoms with Gasteiger partial charge in [0.05, 0.1) is 4.90 Å². The third-order valence-corrected chi connectivity index (χ3v) is 5.58. The van der Waals surface area contributed by atoms with E-state index >= 15 is 0 Å². The smallest absolute Gasteiger partial charge is 0.316 e. The van der Waals surface area contributed by atoms with Crippen molar-refractivity contribution in [3.8, 4) is 0 Å². The molecule has 21 heavy (non-hydrogen) atoms. The first-order valence-electron chi connectivity index (χ1n) is 5.95. The second-order valence-corrected chi connectivity index (χ2v) is 7.48. The summed E-state index contributed by atoms with van der Waals surface area (Å²) in [6.07, 6.45) is -4.59. The van der Waals surface area contributed by atoms with Gasteiger partial charge in [-0.3, -0.25) is 0 Å². The number of benzene rings is 1. The first kappa shape index (κ1) is 18.4. The van der Waals surface area contributed by atoms with Crippen LogP contribution in [-0.2, 0) is 16.6 Å². The number of hydrogen-bond acceptors (Lipinski definition) is 3. The number of rotatable bonds is 5. The SMILES string of the molecule is CNCc1cc(Br)c(C)c(S(=O)(=O)N(C)CC(F)(F)F)c1. The predicted molar refractivity (Wildman–Crippen MR) is 77.5 cm³/mol. The molecule has 1 rings (SSSR count). The molecule has 1 N–H and O–H groups in total. The standard InChI is InChI=1S/C12H16BrF3N2O2S/c1-8-10(13)4-9(6-17-2)5-11(8)21(19,20)18(3)7-12(14,15)16/h4-5,17H,6-7H2,1-3H3. The molecule has 0 fully saturated rings. The van der Waals surface area contributed by atoms with Gasteiger partial charge in [-0.1, -0.05) is 15.9 Å². The Morgan fingerprint density at radius 1 is 1.33 bits per heavy atom. The number of hydrogen-bond donors (Lipinski definition) is 1. The second-order valence-electron chi connectivity index (χ2n) is 4.61. The third kappa shape index (κ3) is 4.67. The molecule has 1 aromatic rings. The van der Waals surface area contributed by atoms with Crippen LogP contribution in [0.5, 0.6) is 0 Å². The zero-order valence-corrected chi connectivity index (χ0v) is 14.2. The van der Waals surface area contributed by atoms with Crippen molar-refractivity contribution < 1.29 is 21.6 Å². The Hall–Kier alpha value is -0.640. The molecule has 0 heterocycles. The number of sulfonamides is 1. The lowest BCUT2D eigenvalue weighted by atomic mass is 10.1. The molecule has 0 radical (unpaired) electrons. The zero-order chi connectivity index (χ0) is 16.4. The fourth-order valence-electron chi connectivity index (χ4n) is 1.79. The molecule has 0 bridgehead atoms. The first-order valence-corrected chi connectivity index (χ1v) is 8.19. The third-order valence-electron chi connectivity index (χ3n) is 2.83. The van der Waals surface area contributed by atoms with Gasteiger partial charge < -0.3 is 5.32 Å². The summed E-state index contributed by atoms with van der Waals surface area (Å²) in [5.41, 5.74) is 1.04. The predicted octanol–water partition coefficient (Wildman–Crippen LogP) is 2.66. The minimum atomic E-state index is -4.59. The van der Waals surface area contributed by atoms with Crippen molar-refractivity contribution in [2.45, 2.75) is 24.5 Å². The zero-order valence-electron chi connectivity index (χ0n) is 11.8. The highest BCUT2D eigenvalue weighted by molar-refractivity contribution is 9.10. The monoisotopic (exact) mass is 388 g/mol. The Bertz CT molecular complexity index is 618. The largest absolute Gasteiger partial charge is 0.402 e. The lowest BCUT2D eigenvalue weighted by Gasteiger charge is -2.21. The Kier molecular flexibility index (Phi) is 5.82. The van der Waals surface area contributed by atoms with Crippen LogP contribution in [0.1, 0.15) is 11.1 Å². The van der Waals surface area contributed by atoms with Crippen LogP contribution in [0.15, 0.2) is 21.5 Å². The van der Waals surface area contributed by atoms with Crippen LogP contribution < -0.4 is 5.32 Å². The van der Waals surface area contributed by atoms with Crippen molar-refractivity contribution in [3.05, 3.63) is 27.7 Å². The molecule has 120 valence electrons. The molecule has 0 amide bonds. The van der Waals surface area contributed by atoms with Crippen LogP contribution in [0.25, 0.3) is 0 Å². The maximum Gasteiger partial charge on any atom is 0.402 e. The molecule has 9 heteroatoms. The van der Waals surface area contributed by atoms with E-state index in [1.807, 2.05) is 0 Å². The van der Waals surface area contributed by atoms with Crippen molar-refractivity contribution in [2.75, 3.05) is 20.6 Å². The Morgan fingerprint density at radius 3 is 2.38 bits per heavy atom. The number of nitrogens with zero attached hydrogens (tertiary/aromatic N) is 1. The minimum Gasteiger partial charge on any atom is -0.316 e. The molecule has 0 aliphatic heterocycles. The van der Waals surface area contributed by atoms with E-state index in [2.05, 4.69) is 21.2 Å². The van der Waals surface area contributed by atoms with Crippen LogP contribution in [0.2, 0.25) is 0 Å². The van der Waals surface area contributed by atoms with E-state index in [4.69, 9.17) is 0 Å². The summed E-state index contributed by atoms with van der Waals surface area (Å²) in [6.45, 7) is 0.425. The van der Waals surface area contributed by atoms with Crippen LogP contribution >= 0.6 is 15.9 Å². The molecule has 0 aromatic heterocycles. The average Bonchev–Trinajstić information content (AvgIpc) is 2.31. The van der Waals surface area contributed by atoms with E-state index < -0.39 is 22.7 Å². The fourth-order valence-corrected chi connectivity index (χ4v) is 3.87. The van der Waals surface area contributed by atoms with Gasteiger partial charge in [0.25, 0.3) is 0 Å². The normalized spacial score (nSPS) is 13.0. The van der Waals surface area contributed by atoms with Gasteiger partial charge in [-0.2, -0.15) is 17.5 Å². The minimum absolute atomic E-state index is 0.131. The summed E-state index contributed by atoms with van der Waals surface area (Å²) in [7, 11) is -1.60. The molecule has 1 aromatic carbocycles. The van der Waals surface area contributed by atoms with Crippen LogP contribution in [0.3, 0.4) is 0 Å². The first-order chi connectivity index (χ1) is 9.49. The van der Waals surface area contributed by atoms with Gasteiger partial charge in [0, 0.05) is 18.1 Å². The summed E-state index contributed by atoms with van der Waals surface area (Å²) in [5, 5.41) is 2.87. The lowest BCUT2D eigenvalue weighted by Crippen LogP contribution is -2.36. The van der Waals surface area contributed by atoms with E-state index in [1.54, 1.807) is 20.0 Å². The summed E-state index contributed by atoms with van der Waals surface area (Å²) in [4.78, 5) is -0.131. The van der Waals surface area contributed by atoms with Gasteiger partial charge in [0.15, 0.2) is 0 Å². The van der Waals surface area contributed by atoms with Gasteiger partial charge >= 0.3 is 6.18 Å². The quantitative estimate of drug-likeness (QED) is 0.843. The van der Waals surface area contributed by atoms with Crippen molar-refractivity contribution >= 4 is 26.0 Å². The molecule has 0 atom stereocenters. The fraction of sp³-hybridized carbons (Fsp3) is 0.500. The average molecular weight is 389 g/mol. The molecule has 4 nitrogen and oxygen atoms in total. The second kappa shape index (κ2) is 6.64. The van der Waals surface area contributed by atoms with E-state index in [1.165, 1.54) is 6.07 Å². The van der Waals surface area contributed by atoms with Gasteiger partial charge in [0.1, 0.15) is 6.54 Å². The number of nitrogens with one attached hydrogen (secondary N) is 1. The van der Waals surface area contributed by atoms with E-state index in [-0.39, 0.29) is 4.90 Å². The topological polar surface area (TPSA) is 49.4 Å². The van der Waals surface area contributed by atoms with Gasteiger partial charge in [-0.05, 0) is 37.2 Å². The van der Waals surface area contributed by atoms with Crippen LogP contribution in [0, 0.1) is 6.92 Å². The molecule has 0 spiro atoms. The highest BCUT2D eigenvalue weighted by Gasteiger charge is 2.35. The highest BCUT2D eigenvalue weighted by Crippen LogP contribution is 2.29. The number of alkyl halides is 3. The summed E-state index contributed by atoms with van der Waals surface area (Å²) >= 11 is 3.24. The van der Waals surface area contributed by atoms with Crippen molar-refractivity contribution in [1.82, 2.24) is 9.62 Å². The van der Waals surface area contributed by atoms with Gasteiger partial charge in [-0.15, -0.1) is 0 Å². The molecule has 0 unspecified atom stereocenters. The van der Waals surface area contributed by atoms with Crippen LogP contribution in [0.4, 0.5) is 13.2 Å². The van der Waals surface area contributed by atoms with Gasteiger partial charge in [-0.25, -0.2) is 8.42 Å². The highest BCUT2D eigenvalue weighted by atomic mass is 79.9. The van der Waals surface area contributed by atoms with Crippen molar-refractivity contribution in [3.63, 3.8) is 0 Å². The molecular formula is C12H16BrF3N2O2S. The molecule has 0 saturated heterocycles. The molecule has 0 aliphatic rings. The Labute approximate surface area is 130 Å². The molecule has 0 saturated carbocycles. The van der Waals surface area contributed by atoms with Gasteiger partial charge in [0.2, 0.25) is 10.0 Å². The van der Waals surface area contributed by atoms with E-state index in [0.29, 0.717) is 26.4 Å². The molecular weight excluding hydrogens is 373 g/mol. The summed E-state index contributed by atoms with van der Waals surface area (Å²) in [5.74, 6) is 0. The maximum absolute atomic E-state index is 12.4. The lowest BCUT2D eigenvalue weighted by molar-refractivity contribution is -0.134. The van der Waals surface area contributed by atoms with E-state index in [9.17, 15) is 21.6 Å². The maximum atomic E-state index is 12.4. The Balaban J connectivity index is 3.30. The summed E-state index contributed by atoms with van der Waals surface area (Å²) in [6, 6.07) is 3.12. The van der Waals surface area contributed by atoms with Crippen molar-refractivity contribution in [2.24, 2.45) is 0 Å². The molecule has 0 aliphatic carbocycles. The number of halogens is 4. The van der Waals surface area contributed by atoms with Crippen LogP contribution in [-0.4, -0.2) is 39.5 Å². The van der Waals surface area contributed by atoms with E-state index in [0.717, 1.165) is 7.05 Å². The van der Waals surface area contributed by atoms with Crippen molar-refractivity contribution in [1.29, 1.82) is 0 Å². The Morgan fingerprint density at radius 2 is 1.90 bits per heavy atom. The summed E-state index contributed by atoms with van der Waals surface area (Å²) < 4.78 is 62.7.